The van der Waals surface area contributed by atoms with Crippen LogP contribution in [0.25, 0.3) is 0 Å². The predicted octanol–water partition coefficient (Wildman–Crippen LogP) is 1.98. The number of hydrogen-bond donors (Lipinski definition) is 2. The Morgan fingerprint density at radius 1 is 1.09 bits per heavy atom. The zero-order valence-corrected chi connectivity index (χ0v) is 12.9. The molecule has 0 fully saturated rings. The van der Waals surface area contributed by atoms with E-state index in [0.29, 0.717) is 11.3 Å². The molecule has 0 radical (unpaired) electrons. The highest BCUT2D eigenvalue weighted by atomic mass is 16.2. The summed E-state index contributed by atoms with van der Waals surface area (Å²) in [6.45, 7) is 4.13. The van der Waals surface area contributed by atoms with Crippen LogP contribution < -0.4 is 10.6 Å². The number of carbonyl (C=O) groups excluding carboxylic acids is 2. The van der Waals surface area contributed by atoms with Crippen LogP contribution >= 0.6 is 0 Å². The van der Waals surface area contributed by atoms with E-state index in [4.69, 9.17) is 0 Å². The van der Waals surface area contributed by atoms with E-state index in [0.717, 1.165) is 6.54 Å². The van der Waals surface area contributed by atoms with Gasteiger partial charge < -0.3 is 10.6 Å². The molecule has 0 aliphatic carbocycles. The lowest BCUT2D eigenvalue weighted by atomic mass is 10.1. The Balaban J connectivity index is 1.91. The van der Waals surface area contributed by atoms with Gasteiger partial charge in [-0.05, 0) is 26.0 Å². The Bertz CT molecular complexity index is 653. The fraction of sp³-hybridized carbons (Fsp3) is 0.222. The average Bonchev–Trinajstić information content (AvgIpc) is 2.53. The average molecular weight is 297 g/mol. The zero-order chi connectivity index (χ0) is 15.9. The summed E-state index contributed by atoms with van der Waals surface area (Å²) in [5.41, 5.74) is 2.43. The molecule has 3 N–H and O–H groups in total. The van der Waals surface area contributed by atoms with Gasteiger partial charge in [-0.1, -0.05) is 42.5 Å². The highest BCUT2D eigenvalue weighted by Crippen LogP contribution is 2.11. The number of anilines is 1. The molecule has 0 unspecified atom stereocenters. The van der Waals surface area contributed by atoms with Crippen LogP contribution in [0.15, 0.2) is 54.6 Å². The van der Waals surface area contributed by atoms with Crippen molar-refractivity contribution in [2.45, 2.75) is 26.4 Å². The molecule has 0 aliphatic rings. The first-order chi connectivity index (χ1) is 10.6. The molecule has 0 spiro atoms. The van der Waals surface area contributed by atoms with Crippen molar-refractivity contribution < 1.29 is 14.9 Å². The van der Waals surface area contributed by atoms with E-state index in [-0.39, 0.29) is 17.7 Å². The molecule has 0 saturated carbocycles. The number of Topliss-reactive ketones (excluding diaryl/α,β-unsaturated/α-hetero) is 1. The minimum atomic E-state index is -0.207. The van der Waals surface area contributed by atoms with Crippen molar-refractivity contribution in [2.75, 3.05) is 5.32 Å². The summed E-state index contributed by atoms with van der Waals surface area (Å²) in [7, 11) is 0. The number of ketones is 1. The van der Waals surface area contributed by atoms with E-state index in [1.54, 1.807) is 24.3 Å². The fourth-order valence-corrected chi connectivity index (χ4v) is 2.11. The Labute approximate surface area is 130 Å². The molecule has 4 nitrogen and oxygen atoms in total. The lowest BCUT2D eigenvalue weighted by Crippen LogP contribution is -2.90. The summed E-state index contributed by atoms with van der Waals surface area (Å²) < 4.78 is 0. The van der Waals surface area contributed by atoms with Gasteiger partial charge in [0.05, 0.1) is 0 Å². The van der Waals surface area contributed by atoms with Gasteiger partial charge in [-0.15, -0.1) is 0 Å². The van der Waals surface area contributed by atoms with Crippen LogP contribution in [0.1, 0.15) is 29.8 Å². The van der Waals surface area contributed by atoms with Crippen molar-refractivity contribution in [3.8, 4) is 0 Å². The third kappa shape index (κ3) is 4.53. The summed E-state index contributed by atoms with van der Waals surface area (Å²) >= 11 is 0. The van der Waals surface area contributed by atoms with Crippen molar-refractivity contribution in [1.29, 1.82) is 0 Å². The standard InChI is InChI=1S/C18H20N2O2/c1-13(19-12-15-7-4-3-5-8-15)18(22)20-17-10-6-9-16(11-17)14(2)21/h3-11,13,19H,12H2,1-2H3,(H,20,22)/p+1/t13-/m0/s1. The normalized spacial score (nSPS) is 11.7. The van der Waals surface area contributed by atoms with E-state index in [9.17, 15) is 9.59 Å². The van der Waals surface area contributed by atoms with Crippen LogP contribution in [0.2, 0.25) is 0 Å². The number of hydrogen-bond acceptors (Lipinski definition) is 2. The Hall–Kier alpha value is -2.46. The molecule has 1 atom stereocenters. The minimum Gasteiger partial charge on any atom is -0.333 e. The van der Waals surface area contributed by atoms with Crippen LogP contribution in [0.5, 0.6) is 0 Å². The summed E-state index contributed by atoms with van der Waals surface area (Å²) in [6.07, 6.45) is 0. The van der Waals surface area contributed by atoms with Gasteiger partial charge >= 0.3 is 0 Å². The van der Waals surface area contributed by atoms with Crippen LogP contribution in [-0.4, -0.2) is 17.7 Å². The van der Waals surface area contributed by atoms with Crippen LogP contribution in [0.3, 0.4) is 0 Å². The number of nitrogens with two attached hydrogens (primary N) is 1. The van der Waals surface area contributed by atoms with E-state index >= 15 is 0 Å². The quantitative estimate of drug-likeness (QED) is 0.801. The molecule has 0 bridgehead atoms. The third-order valence-corrected chi connectivity index (χ3v) is 3.50. The fourth-order valence-electron chi connectivity index (χ4n) is 2.11. The number of quaternary nitrogens is 1. The predicted molar refractivity (Wildman–Crippen MR) is 86.6 cm³/mol. The van der Waals surface area contributed by atoms with E-state index < -0.39 is 0 Å². The number of rotatable bonds is 6. The molecule has 0 heterocycles. The largest absolute Gasteiger partial charge is 0.333 e. The summed E-state index contributed by atoms with van der Waals surface area (Å²) in [5, 5.41) is 4.84. The van der Waals surface area contributed by atoms with E-state index in [1.807, 2.05) is 42.6 Å². The highest BCUT2D eigenvalue weighted by molar-refractivity contribution is 5.97. The zero-order valence-electron chi connectivity index (χ0n) is 12.9. The van der Waals surface area contributed by atoms with Gasteiger partial charge in [0.25, 0.3) is 5.91 Å². The summed E-state index contributed by atoms with van der Waals surface area (Å²) in [5.74, 6) is -0.0866. The first-order valence-electron chi connectivity index (χ1n) is 7.35. The number of nitrogens with one attached hydrogen (secondary N) is 1. The Kier molecular flexibility index (Phi) is 5.44. The van der Waals surface area contributed by atoms with Gasteiger partial charge in [-0.3, -0.25) is 9.59 Å². The monoisotopic (exact) mass is 297 g/mol. The van der Waals surface area contributed by atoms with Crippen molar-refractivity contribution in [3.63, 3.8) is 0 Å². The maximum Gasteiger partial charge on any atom is 0.282 e. The minimum absolute atomic E-state index is 0.0141. The van der Waals surface area contributed by atoms with Crippen LogP contribution in [0, 0.1) is 0 Å². The molecule has 0 aliphatic heterocycles. The molecular formula is C18H21N2O2+. The van der Waals surface area contributed by atoms with Crippen LogP contribution in [-0.2, 0) is 11.3 Å². The van der Waals surface area contributed by atoms with E-state index in [2.05, 4.69) is 5.32 Å². The highest BCUT2D eigenvalue weighted by Gasteiger charge is 2.16. The molecular weight excluding hydrogens is 276 g/mol. The second-order valence-corrected chi connectivity index (χ2v) is 5.34. The molecule has 0 saturated heterocycles. The molecule has 114 valence electrons. The number of amides is 1. The van der Waals surface area contributed by atoms with Crippen molar-refractivity contribution in [2.24, 2.45) is 0 Å². The Morgan fingerprint density at radius 3 is 2.50 bits per heavy atom. The van der Waals surface area contributed by atoms with Gasteiger partial charge in [0.2, 0.25) is 0 Å². The molecule has 0 aromatic heterocycles. The van der Waals surface area contributed by atoms with Gasteiger partial charge in [-0.2, -0.15) is 0 Å². The molecule has 1 amide bonds. The second kappa shape index (κ2) is 7.52. The number of benzene rings is 2. The van der Waals surface area contributed by atoms with Crippen LogP contribution in [0.4, 0.5) is 5.69 Å². The van der Waals surface area contributed by atoms with Gasteiger partial charge in [0.15, 0.2) is 11.8 Å². The summed E-state index contributed by atoms with van der Waals surface area (Å²) in [4.78, 5) is 23.5. The number of carbonyl (C=O) groups is 2. The topological polar surface area (TPSA) is 62.8 Å². The van der Waals surface area contributed by atoms with Crippen molar-refractivity contribution in [1.82, 2.24) is 0 Å². The van der Waals surface area contributed by atoms with Crippen molar-refractivity contribution in [3.05, 3.63) is 65.7 Å². The van der Waals surface area contributed by atoms with Gasteiger partial charge in [0, 0.05) is 16.8 Å². The first-order valence-corrected chi connectivity index (χ1v) is 7.35. The van der Waals surface area contributed by atoms with Crippen molar-refractivity contribution >= 4 is 17.4 Å². The third-order valence-electron chi connectivity index (χ3n) is 3.50. The lowest BCUT2D eigenvalue weighted by Gasteiger charge is -2.12. The molecule has 2 aromatic carbocycles. The summed E-state index contributed by atoms with van der Waals surface area (Å²) in [6, 6.07) is 16.8. The smallest absolute Gasteiger partial charge is 0.282 e. The lowest BCUT2D eigenvalue weighted by molar-refractivity contribution is -0.688. The van der Waals surface area contributed by atoms with E-state index in [1.165, 1.54) is 12.5 Å². The first kappa shape index (κ1) is 15.9. The SMILES string of the molecule is CC(=O)c1cccc(NC(=O)[C@H](C)[NH2+]Cc2ccccc2)c1. The Morgan fingerprint density at radius 2 is 1.82 bits per heavy atom. The van der Waals surface area contributed by atoms with Gasteiger partial charge in [-0.25, -0.2) is 0 Å². The molecule has 22 heavy (non-hydrogen) atoms. The second-order valence-electron chi connectivity index (χ2n) is 5.34. The maximum absolute atomic E-state index is 12.2. The molecule has 2 rings (SSSR count). The molecule has 2 aromatic rings. The molecule has 4 heteroatoms. The van der Waals surface area contributed by atoms with Gasteiger partial charge in [0.1, 0.15) is 6.54 Å². The maximum atomic E-state index is 12.2.